The van der Waals surface area contributed by atoms with Crippen LogP contribution < -0.4 is 18.9 Å². The van der Waals surface area contributed by atoms with Crippen LogP contribution in [0.25, 0.3) is 0 Å². The maximum atomic E-state index is 6.16. The van der Waals surface area contributed by atoms with Crippen molar-refractivity contribution in [1.82, 2.24) is 0 Å². The molecule has 216 valence electrons. The highest BCUT2D eigenvalue weighted by Crippen LogP contribution is 2.36. The van der Waals surface area contributed by atoms with E-state index < -0.39 is 0 Å². The molecule has 41 heavy (non-hydrogen) atoms. The molecular formula is C32H30Br4O5. The summed E-state index contributed by atoms with van der Waals surface area (Å²) in [4.78, 5) is 0. The molecule has 0 fully saturated rings. The van der Waals surface area contributed by atoms with Crippen molar-refractivity contribution in [2.24, 2.45) is 0 Å². The number of para-hydroxylation sites is 4. The van der Waals surface area contributed by atoms with Gasteiger partial charge in [-0.1, -0.05) is 48.5 Å². The Morgan fingerprint density at radius 2 is 0.756 bits per heavy atom. The molecule has 0 bridgehead atoms. The van der Waals surface area contributed by atoms with Gasteiger partial charge in [-0.15, -0.1) is 0 Å². The van der Waals surface area contributed by atoms with Crippen LogP contribution in [0.2, 0.25) is 0 Å². The second-order valence-corrected chi connectivity index (χ2v) is 12.4. The summed E-state index contributed by atoms with van der Waals surface area (Å²) in [5.41, 5.74) is 4.26. The molecule has 0 radical (unpaired) electrons. The van der Waals surface area contributed by atoms with Gasteiger partial charge in [0.15, 0.2) is 0 Å². The minimum atomic E-state index is 0.411. The first-order valence-electron chi connectivity index (χ1n) is 12.9. The molecule has 0 aliphatic rings. The van der Waals surface area contributed by atoms with Gasteiger partial charge < -0.3 is 23.7 Å². The molecule has 0 aliphatic carbocycles. The SMILES string of the molecule is COc1c(Br)cccc1Cc1cccc(Br)c1OCCOCCOc1c(Br)cccc1Cc1cccc(Br)c1OC. The fraction of sp³-hybridized carbons (Fsp3) is 0.250. The fourth-order valence-corrected chi connectivity index (χ4v) is 6.65. The molecule has 0 unspecified atom stereocenters. The first-order valence-corrected chi connectivity index (χ1v) is 16.1. The van der Waals surface area contributed by atoms with E-state index in [1.807, 2.05) is 48.5 Å². The van der Waals surface area contributed by atoms with Crippen molar-refractivity contribution in [2.45, 2.75) is 12.8 Å². The summed E-state index contributed by atoms with van der Waals surface area (Å²) < 4.78 is 33.0. The quantitative estimate of drug-likeness (QED) is 0.119. The van der Waals surface area contributed by atoms with Crippen LogP contribution in [-0.2, 0) is 17.6 Å². The topological polar surface area (TPSA) is 46.2 Å². The zero-order valence-electron chi connectivity index (χ0n) is 22.7. The second kappa shape index (κ2) is 16.0. The first kappa shape index (κ1) is 31.9. The first-order chi connectivity index (χ1) is 19.9. The summed E-state index contributed by atoms with van der Waals surface area (Å²) in [6.07, 6.45) is 1.35. The van der Waals surface area contributed by atoms with Crippen LogP contribution in [0.3, 0.4) is 0 Å². The van der Waals surface area contributed by atoms with Crippen molar-refractivity contribution in [3.05, 3.63) is 113 Å². The molecule has 0 atom stereocenters. The lowest BCUT2D eigenvalue weighted by atomic mass is 10.0. The normalized spacial score (nSPS) is 10.9. The van der Waals surface area contributed by atoms with Crippen LogP contribution >= 0.6 is 63.7 Å². The van der Waals surface area contributed by atoms with Crippen molar-refractivity contribution < 1.29 is 23.7 Å². The molecule has 0 N–H and O–H groups in total. The Balaban J connectivity index is 1.30. The molecule has 0 spiro atoms. The highest BCUT2D eigenvalue weighted by atomic mass is 79.9. The molecule has 0 saturated carbocycles. The summed E-state index contributed by atoms with van der Waals surface area (Å²) in [6, 6.07) is 24.2. The summed E-state index contributed by atoms with van der Waals surface area (Å²) in [6.45, 7) is 1.69. The van der Waals surface area contributed by atoms with Crippen molar-refractivity contribution >= 4 is 63.7 Å². The minimum absolute atomic E-state index is 0.411. The van der Waals surface area contributed by atoms with Crippen molar-refractivity contribution in [3.8, 4) is 23.0 Å². The molecule has 4 aromatic carbocycles. The molecule has 0 aliphatic heterocycles. The number of hydrogen-bond acceptors (Lipinski definition) is 5. The molecule has 9 heteroatoms. The van der Waals surface area contributed by atoms with E-state index in [0.29, 0.717) is 39.3 Å². The Labute approximate surface area is 275 Å². The van der Waals surface area contributed by atoms with Gasteiger partial charge in [-0.2, -0.15) is 0 Å². The maximum absolute atomic E-state index is 6.16. The van der Waals surface area contributed by atoms with E-state index in [1.54, 1.807) is 14.2 Å². The lowest BCUT2D eigenvalue weighted by Crippen LogP contribution is -2.13. The third-order valence-corrected chi connectivity index (χ3v) is 8.81. The molecule has 0 amide bonds. The van der Waals surface area contributed by atoms with Crippen LogP contribution in [0, 0.1) is 0 Å². The summed E-state index contributed by atoms with van der Waals surface area (Å²) in [5.74, 6) is 3.25. The number of benzene rings is 4. The van der Waals surface area contributed by atoms with Gasteiger partial charge in [-0.3, -0.25) is 0 Å². The molecule has 5 nitrogen and oxygen atoms in total. The zero-order valence-corrected chi connectivity index (χ0v) is 29.1. The van der Waals surface area contributed by atoms with Gasteiger partial charge in [0, 0.05) is 12.8 Å². The van der Waals surface area contributed by atoms with Crippen LogP contribution in [0.5, 0.6) is 23.0 Å². The Bertz CT molecular complexity index is 1350. The largest absolute Gasteiger partial charge is 0.495 e. The molecule has 0 aromatic heterocycles. The monoisotopic (exact) mass is 810 g/mol. The molecule has 4 rings (SSSR count). The summed E-state index contributed by atoms with van der Waals surface area (Å²) in [7, 11) is 3.36. The predicted octanol–water partition coefficient (Wildman–Crippen LogP) is 9.41. The molecule has 0 saturated heterocycles. The number of methoxy groups -OCH3 is 2. The Morgan fingerprint density at radius 1 is 0.439 bits per heavy atom. The van der Waals surface area contributed by atoms with Gasteiger partial charge in [-0.25, -0.2) is 0 Å². The number of halogens is 4. The molecular weight excluding hydrogens is 784 g/mol. The third-order valence-electron chi connectivity index (χ3n) is 6.31. The van der Waals surface area contributed by atoms with Gasteiger partial charge in [0.2, 0.25) is 0 Å². The van der Waals surface area contributed by atoms with Crippen LogP contribution in [0.15, 0.2) is 90.7 Å². The fourth-order valence-electron chi connectivity index (χ4n) is 4.47. The van der Waals surface area contributed by atoms with E-state index in [1.165, 1.54) is 0 Å². The smallest absolute Gasteiger partial charge is 0.137 e. The van der Waals surface area contributed by atoms with E-state index in [0.717, 1.165) is 63.1 Å². The lowest BCUT2D eigenvalue weighted by Gasteiger charge is -2.16. The Morgan fingerprint density at radius 3 is 1.10 bits per heavy atom. The number of rotatable bonds is 14. The van der Waals surface area contributed by atoms with Crippen molar-refractivity contribution in [3.63, 3.8) is 0 Å². The van der Waals surface area contributed by atoms with Gasteiger partial charge in [0.1, 0.15) is 36.2 Å². The Kier molecular flexibility index (Phi) is 12.4. The lowest BCUT2D eigenvalue weighted by molar-refractivity contribution is 0.0756. The third kappa shape index (κ3) is 8.51. The Hall–Kier alpha value is -2.04. The van der Waals surface area contributed by atoms with E-state index in [9.17, 15) is 0 Å². The van der Waals surface area contributed by atoms with E-state index in [-0.39, 0.29) is 0 Å². The second-order valence-electron chi connectivity index (χ2n) is 8.98. The zero-order chi connectivity index (χ0) is 29.2. The average molecular weight is 814 g/mol. The van der Waals surface area contributed by atoms with E-state index >= 15 is 0 Å². The van der Waals surface area contributed by atoms with Gasteiger partial charge in [0.25, 0.3) is 0 Å². The highest BCUT2D eigenvalue weighted by Gasteiger charge is 2.15. The predicted molar refractivity (Wildman–Crippen MR) is 177 cm³/mol. The van der Waals surface area contributed by atoms with E-state index in [2.05, 4.69) is 88.0 Å². The highest BCUT2D eigenvalue weighted by molar-refractivity contribution is 9.11. The van der Waals surface area contributed by atoms with E-state index in [4.69, 9.17) is 23.7 Å². The molecule has 4 aromatic rings. The van der Waals surface area contributed by atoms with Gasteiger partial charge in [-0.05, 0) is 110 Å². The summed E-state index contributed by atoms with van der Waals surface area (Å²) >= 11 is 14.4. The van der Waals surface area contributed by atoms with Crippen molar-refractivity contribution in [1.29, 1.82) is 0 Å². The number of hydrogen-bond donors (Lipinski definition) is 0. The minimum Gasteiger partial charge on any atom is -0.495 e. The molecule has 0 heterocycles. The average Bonchev–Trinajstić information content (AvgIpc) is 2.95. The van der Waals surface area contributed by atoms with Crippen molar-refractivity contribution in [2.75, 3.05) is 40.6 Å². The van der Waals surface area contributed by atoms with Crippen LogP contribution in [-0.4, -0.2) is 40.6 Å². The standard InChI is InChI=1S/C32H30Br4O5/c1-37-29-21(7-3-11-25(29)33)19-23-9-5-13-27(35)31(23)40-17-15-39-16-18-41-32-24(10-6-14-28(32)36)20-22-8-4-12-26(34)30(22)38-2/h3-14H,15-20H2,1-2H3. The maximum Gasteiger partial charge on any atom is 0.137 e. The van der Waals surface area contributed by atoms with Gasteiger partial charge in [0.05, 0.1) is 45.3 Å². The van der Waals surface area contributed by atoms with Crippen LogP contribution in [0.4, 0.5) is 0 Å². The number of ether oxygens (including phenoxy) is 5. The summed E-state index contributed by atoms with van der Waals surface area (Å²) in [5, 5.41) is 0. The van der Waals surface area contributed by atoms with Crippen LogP contribution in [0.1, 0.15) is 22.3 Å². The van der Waals surface area contributed by atoms with Gasteiger partial charge >= 0.3 is 0 Å².